The number of rotatable bonds is 5. The van der Waals surface area contributed by atoms with Gasteiger partial charge in [0.2, 0.25) is 0 Å². The zero-order chi connectivity index (χ0) is 19.9. The van der Waals surface area contributed by atoms with Gasteiger partial charge in [-0.1, -0.05) is 20.3 Å². The van der Waals surface area contributed by atoms with E-state index in [1.165, 1.54) is 13.4 Å². The molecule has 5 nitrogen and oxygen atoms in total. The number of ether oxygens (including phenoxy) is 3. The third kappa shape index (κ3) is 3.35. The van der Waals surface area contributed by atoms with E-state index in [1.807, 2.05) is 6.92 Å². The summed E-state index contributed by atoms with van der Waals surface area (Å²) < 4.78 is 16.8. The molecule has 0 spiro atoms. The van der Waals surface area contributed by atoms with Crippen LogP contribution in [0.3, 0.4) is 0 Å². The van der Waals surface area contributed by atoms with Crippen molar-refractivity contribution < 1.29 is 23.8 Å². The van der Waals surface area contributed by atoms with Crippen molar-refractivity contribution in [1.82, 2.24) is 0 Å². The molecule has 1 aliphatic heterocycles. The molecule has 5 atom stereocenters. The topological polar surface area (TPSA) is 61.8 Å². The molecule has 0 aromatic rings. The maximum atomic E-state index is 12.7. The van der Waals surface area contributed by atoms with Gasteiger partial charge in [0.1, 0.15) is 6.29 Å². The molecule has 0 amide bonds. The Bertz CT molecular complexity index is 583. The van der Waals surface area contributed by atoms with E-state index in [2.05, 4.69) is 20.8 Å². The lowest BCUT2D eigenvalue weighted by Gasteiger charge is -2.61. The van der Waals surface area contributed by atoms with Gasteiger partial charge in [0.05, 0.1) is 25.7 Å². The third-order valence-corrected chi connectivity index (χ3v) is 8.25. The molecule has 0 aromatic carbocycles. The quantitative estimate of drug-likeness (QED) is 0.530. The van der Waals surface area contributed by atoms with Gasteiger partial charge in [-0.15, -0.1) is 0 Å². The van der Waals surface area contributed by atoms with Gasteiger partial charge in [-0.2, -0.15) is 0 Å². The molecule has 3 fully saturated rings. The fourth-order valence-electron chi connectivity index (χ4n) is 6.75. The Morgan fingerprint density at radius 2 is 1.78 bits per heavy atom. The monoisotopic (exact) mass is 380 g/mol. The summed E-state index contributed by atoms with van der Waals surface area (Å²) in [4.78, 5) is 24.9. The minimum atomic E-state index is -0.548. The first-order chi connectivity index (χ1) is 12.6. The molecular formula is C22H36O5. The van der Waals surface area contributed by atoms with Crippen LogP contribution in [0.1, 0.15) is 72.6 Å². The maximum absolute atomic E-state index is 12.7. The number of hydrogen-bond acceptors (Lipinski definition) is 5. The van der Waals surface area contributed by atoms with E-state index in [-0.39, 0.29) is 28.6 Å². The molecule has 2 aliphatic carbocycles. The van der Waals surface area contributed by atoms with Gasteiger partial charge in [-0.3, -0.25) is 4.79 Å². The predicted octanol–water partition coefficient (Wildman–Crippen LogP) is 4.13. The highest BCUT2D eigenvalue weighted by Crippen LogP contribution is 2.65. The number of aldehydes is 1. The van der Waals surface area contributed by atoms with E-state index < -0.39 is 11.2 Å². The summed E-state index contributed by atoms with van der Waals surface area (Å²) in [5.41, 5.74) is -0.896. The fraction of sp³-hybridized carbons (Fsp3) is 0.909. The van der Waals surface area contributed by atoms with Gasteiger partial charge in [0.15, 0.2) is 5.79 Å². The first kappa shape index (κ1) is 20.8. The van der Waals surface area contributed by atoms with Crippen molar-refractivity contribution in [3.05, 3.63) is 0 Å². The van der Waals surface area contributed by atoms with Gasteiger partial charge in [-0.05, 0) is 63.2 Å². The Kier molecular flexibility index (Phi) is 5.50. The lowest BCUT2D eigenvalue weighted by atomic mass is 9.42. The highest BCUT2D eigenvalue weighted by molar-refractivity contribution is 5.77. The van der Waals surface area contributed by atoms with E-state index in [4.69, 9.17) is 14.2 Å². The van der Waals surface area contributed by atoms with Gasteiger partial charge < -0.3 is 19.0 Å². The Balaban J connectivity index is 1.91. The Morgan fingerprint density at radius 1 is 1.11 bits per heavy atom. The Morgan fingerprint density at radius 3 is 2.37 bits per heavy atom. The molecule has 0 N–H and O–H groups in total. The predicted molar refractivity (Wildman–Crippen MR) is 102 cm³/mol. The molecule has 3 aliphatic rings. The van der Waals surface area contributed by atoms with Crippen LogP contribution < -0.4 is 0 Å². The van der Waals surface area contributed by atoms with E-state index >= 15 is 0 Å². The van der Waals surface area contributed by atoms with Crippen LogP contribution in [-0.4, -0.2) is 38.4 Å². The molecule has 27 heavy (non-hydrogen) atoms. The van der Waals surface area contributed by atoms with Gasteiger partial charge in [-0.25, -0.2) is 0 Å². The van der Waals surface area contributed by atoms with Gasteiger partial charge >= 0.3 is 5.97 Å². The van der Waals surface area contributed by atoms with Gasteiger partial charge in [0, 0.05) is 11.8 Å². The van der Waals surface area contributed by atoms with Crippen LogP contribution in [0.4, 0.5) is 0 Å². The SMILES string of the molecule is COC(=O)[C@]1(C)CCC[C@]2(C)[C@@H](CCC3(C)OCCO3)[C@@](C)(C=O)CC[C@H]21. The maximum Gasteiger partial charge on any atom is 0.311 e. The highest BCUT2D eigenvalue weighted by atomic mass is 16.7. The third-order valence-electron chi connectivity index (χ3n) is 8.25. The van der Waals surface area contributed by atoms with Crippen LogP contribution in [0, 0.1) is 28.1 Å². The molecule has 0 bridgehead atoms. The van der Waals surface area contributed by atoms with E-state index in [1.54, 1.807) is 0 Å². The van der Waals surface area contributed by atoms with E-state index in [9.17, 15) is 9.59 Å². The van der Waals surface area contributed by atoms with Crippen LogP contribution in [0.2, 0.25) is 0 Å². The second-order valence-corrected chi connectivity index (χ2v) is 9.91. The van der Waals surface area contributed by atoms with Crippen molar-refractivity contribution in [3.63, 3.8) is 0 Å². The number of hydrogen-bond donors (Lipinski definition) is 0. The van der Waals surface area contributed by atoms with Crippen molar-refractivity contribution in [2.75, 3.05) is 20.3 Å². The van der Waals surface area contributed by atoms with Crippen LogP contribution in [0.15, 0.2) is 0 Å². The second-order valence-electron chi connectivity index (χ2n) is 9.91. The Hall–Kier alpha value is -0.940. The summed E-state index contributed by atoms with van der Waals surface area (Å²) in [5.74, 6) is -0.202. The van der Waals surface area contributed by atoms with Crippen LogP contribution >= 0.6 is 0 Å². The minimum Gasteiger partial charge on any atom is -0.469 e. The number of methoxy groups -OCH3 is 1. The zero-order valence-corrected chi connectivity index (χ0v) is 17.6. The summed E-state index contributed by atoms with van der Waals surface area (Å²) in [7, 11) is 1.49. The summed E-state index contributed by atoms with van der Waals surface area (Å²) in [6.45, 7) is 9.75. The average molecular weight is 381 g/mol. The lowest BCUT2D eigenvalue weighted by molar-refractivity contribution is -0.187. The molecule has 154 valence electrons. The molecule has 1 heterocycles. The van der Waals surface area contributed by atoms with Crippen molar-refractivity contribution in [1.29, 1.82) is 0 Å². The minimum absolute atomic E-state index is 0.0654. The zero-order valence-electron chi connectivity index (χ0n) is 17.6. The van der Waals surface area contributed by atoms with Crippen LogP contribution in [0.5, 0.6) is 0 Å². The molecule has 0 aromatic heterocycles. The summed E-state index contributed by atoms with van der Waals surface area (Å²) in [6, 6.07) is 0. The smallest absolute Gasteiger partial charge is 0.311 e. The summed E-state index contributed by atoms with van der Waals surface area (Å²) >= 11 is 0. The second kappa shape index (κ2) is 7.14. The van der Waals surface area contributed by atoms with Crippen molar-refractivity contribution in [3.8, 4) is 0 Å². The number of fused-ring (bicyclic) bond motifs is 1. The number of carbonyl (C=O) groups excluding carboxylic acids is 2. The lowest BCUT2D eigenvalue weighted by Crippen LogP contribution is -2.58. The standard InChI is InChI=1S/C22H36O5/c1-19(15-23)11-7-17-20(2,9-6-10-21(17,3)18(24)25-5)16(19)8-12-22(4)26-13-14-27-22/h15-17H,6-14H2,1-5H3/t16-,17+,19+,20+,21+/m0/s1. The van der Waals surface area contributed by atoms with Gasteiger partial charge in [0.25, 0.3) is 0 Å². The average Bonchev–Trinajstić information content (AvgIpc) is 3.06. The van der Waals surface area contributed by atoms with E-state index in [0.717, 1.165) is 44.9 Å². The number of carbonyl (C=O) groups is 2. The molecule has 2 saturated carbocycles. The fourth-order valence-corrected chi connectivity index (χ4v) is 6.75. The first-order valence-electron chi connectivity index (χ1n) is 10.5. The highest BCUT2D eigenvalue weighted by Gasteiger charge is 2.61. The largest absolute Gasteiger partial charge is 0.469 e. The normalized spacial score (nSPS) is 43.7. The van der Waals surface area contributed by atoms with Crippen molar-refractivity contribution >= 4 is 12.3 Å². The Labute approximate surface area is 163 Å². The first-order valence-corrected chi connectivity index (χ1v) is 10.5. The van der Waals surface area contributed by atoms with Crippen LogP contribution in [0.25, 0.3) is 0 Å². The summed E-state index contributed by atoms with van der Waals surface area (Å²) in [5, 5.41) is 0. The molecule has 0 unspecified atom stereocenters. The van der Waals surface area contributed by atoms with Crippen molar-refractivity contribution in [2.45, 2.75) is 78.4 Å². The molecule has 3 rings (SSSR count). The molecular weight excluding hydrogens is 344 g/mol. The molecule has 5 heteroatoms. The number of esters is 1. The summed E-state index contributed by atoms with van der Waals surface area (Å²) in [6.07, 6.45) is 7.46. The van der Waals surface area contributed by atoms with Crippen LogP contribution in [-0.2, 0) is 23.8 Å². The molecule has 1 saturated heterocycles. The van der Waals surface area contributed by atoms with E-state index in [0.29, 0.717) is 13.2 Å². The molecule has 0 radical (unpaired) electrons. The van der Waals surface area contributed by atoms with Crippen molar-refractivity contribution in [2.24, 2.45) is 28.1 Å².